The number of aliphatic imine (C=N–C) groups is 1. The summed E-state index contributed by atoms with van der Waals surface area (Å²) in [6.07, 6.45) is 3.01. The molecule has 2 aliphatic heterocycles. The number of nitrogens with one attached hydrogen (secondary N) is 3. The van der Waals surface area contributed by atoms with Gasteiger partial charge in [0.25, 0.3) is 0 Å². The van der Waals surface area contributed by atoms with Gasteiger partial charge in [0.1, 0.15) is 0 Å². The van der Waals surface area contributed by atoms with Crippen LogP contribution in [0.1, 0.15) is 49.3 Å². The first-order chi connectivity index (χ1) is 15.2. The third-order valence-electron chi connectivity index (χ3n) is 6.15. The van der Waals surface area contributed by atoms with Crippen molar-refractivity contribution in [2.45, 2.75) is 38.1 Å². The Kier molecular flexibility index (Phi) is 7.20. The lowest BCUT2D eigenvalue weighted by molar-refractivity contribution is -0.116. The van der Waals surface area contributed by atoms with Crippen molar-refractivity contribution in [2.24, 2.45) is 4.99 Å². The molecule has 2 aromatic carbocycles. The Bertz CT molecular complexity index is 892. The van der Waals surface area contributed by atoms with Gasteiger partial charge < -0.3 is 16.0 Å². The second-order valence-electron chi connectivity index (χ2n) is 8.31. The molecule has 0 saturated carbocycles. The van der Waals surface area contributed by atoms with Crippen molar-refractivity contribution in [1.82, 2.24) is 15.5 Å². The van der Waals surface area contributed by atoms with E-state index >= 15 is 0 Å². The zero-order valence-corrected chi connectivity index (χ0v) is 18.3. The van der Waals surface area contributed by atoms with Gasteiger partial charge in [0, 0.05) is 31.1 Å². The Morgan fingerprint density at radius 3 is 2.61 bits per heavy atom. The number of nitrogens with zero attached hydrogens (tertiary/aromatic N) is 2. The first-order valence-electron chi connectivity index (χ1n) is 11.4. The number of carbonyl (C=O) groups is 1. The second kappa shape index (κ2) is 10.4. The van der Waals surface area contributed by atoms with E-state index in [2.05, 4.69) is 64.2 Å². The maximum Gasteiger partial charge on any atom is 0.225 e. The summed E-state index contributed by atoms with van der Waals surface area (Å²) in [5.41, 5.74) is 3.43. The van der Waals surface area contributed by atoms with E-state index in [1.165, 1.54) is 24.0 Å². The van der Waals surface area contributed by atoms with Crippen LogP contribution >= 0.6 is 0 Å². The summed E-state index contributed by atoms with van der Waals surface area (Å²) >= 11 is 0. The number of guanidine groups is 1. The summed E-state index contributed by atoms with van der Waals surface area (Å²) in [7, 11) is 0. The highest BCUT2D eigenvalue weighted by atomic mass is 16.1. The molecule has 2 unspecified atom stereocenters. The molecule has 2 heterocycles. The maximum atomic E-state index is 12.1. The molecule has 0 aliphatic carbocycles. The fraction of sp³-hybridized carbons (Fsp3) is 0.440. The van der Waals surface area contributed by atoms with E-state index in [0.717, 1.165) is 31.3 Å². The molecule has 0 aromatic heterocycles. The number of likely N-dealkylation sites (tertiary alicyclic amines) is 1. The Labute approximate surface area is 185 Å². The first kappa shape index (κ1) is 21.4. The maximum absolute atomic E-state index is 12.1. The van der Waals surface area contributed by atoms with Gasteiger partial charge >= 0.3 is 0 Å². The highest BCUT2D eigenvalue weighted by Gasteiger charge is 2.25. The molecule has 4 rings (SSSR count). The number of benzene rings is 2. The Morgan fingerprint density at radius 1 is 1.10 bits per heavy atom. The van der Waals surface area contributed by atoms with Gasteiger partial charge in [-0.05, 0) is 50.0 Å². The molecule has 6 nitrogen and oxygen atoms in total. The van der Waals surface area contributed by atoms with Crippen LogP contribution in [0.3, 0.4) is 0 Å². The van der Waals surface area contributed by atoms with Crippen LogP contribution < -0.4 is 16.0 Å². The predicted molar refractivity (Wildman–Crippen MR) is 126 cm³/mol. The summed E-state index contributed by atoms with van der Waals surface area (Å²) < 4.78 is 0. The Morgan fingerprint density at radius 2 is 1.84 bits per heavy atom. The number of hydrogen-bond donors (Lipinski definition) is 3. The fourth-order valence-corrected chi connectivity index (χ4v) is 4.58. The van der Waals surface area contributed by atoms with E-state index in [1.54, 1.807) is 0 Å². The smallest absolute Gasteiger partial charge is 0.225 e. The fourth-order valence-electron chi connectivity index (χ4n) is 4.58. The van der Waals surface area contributed by atoms with Gasteiger partial charge in [-0.2, -0.15) is 0 Å². The molecule has 0 spiro atoms. The third-order valence-corrected chi connectivity index (χ3v) is 6.15. The molecule has 0 bridgehead atoms. The largest absolute Gasteiger partial charge is 0.357 e. The standard InChI is InChI=1S/C25H33N5O/c1-2-26-25(27-17-20-16-24(31)29-22-13-7-6-12-21(20)22)28-18-23(30-14-8-9-15-30)19-10-4-3-5-11-19/h3-7,10-13,20,23H,2,8-9,14-18H2,1H3,(H,29,31)(H2,26,27,28). The van der Waals surface area contributed by atoms with Crippen molar-refractivity contribution in [3.8, 4) is 0 Å². The highest BCUT2D eigenvalue weighted by molar-refractivity contribution is 5.94. The van der Waals surface area contributed by atoms with Crippen molar-refractivity contribution in [3.63, 3.8) is 0 Å². The summed E-state index contributed by atoms with van der Waals surface area (Å²) in [5, 5.41) is 9.84. The summed E-state index contributed by atoms with van der Waals surface area (Å²) in [5.74, 6) is 1.02. The molecule has 31 heavy (non-hydrogen) atoms. The van der Waals surface area contributed by atoms with E-state index in [0.29, 0.717) is 25.6 Å². The summed E-state index contributed by atoms with van der Waals surface area (Å²) in [6, 6.07) is 19.0. The first-order valence-corrected chi connectivity index (χ1v) is 11.4. The minimum Gasteiger partial charge on any atom is -0.357 e. The summed E-state index contributed by atoms with van der Waals surface area (Å²) in [6.45, 7) is 6.53. The van der Waals surface area contributed by atoms with Crippen LogP contribution in [-0.4, -0.2) is 49.5 Å². The molecule has 1 fully saturated rings. The molecule has 164 valence electrons. The van der Waals surface area contributed by atoms with E-state index in [1.807, 2.05) is 18.2 Å². The highest BCUT2D eigenvalue weighted by Crippen LogP contribution is 2.31. The number of hydrogen-bond acceptors (Lipinski definition) is 3. The van der Waals surface area contributed by atoms with Crippen molar-refractivity contribution >= 4 is 17.6 Å². The van der Waals surface area contributed by atoms with Gasteiger partial charge in [0.15, 0.2) is 5.96 Å². The topological polar surface area (TPSA) is 68.8 Å². The quantitative estimate of drug-likeness (QED) is 0.475. The molecule has 1 saturated heterocycles. The SMILES string of the molecule is CCNC(=NCC(c1ccccc1)N1CCCC1)NCC1CC(=O)Nc2ccccc21. The van der Waals surface area contributed by atoms with Crippen molar-refractivity contribution < 1.29 is 4.79 Å². The minimum absolute atomic E-state index is 0.0746. The number of amides is 1. The molecule has 0 radical (unpaired) electrons. The van der Waals surface area contributed by atoms with Crippen molar-refractivity contribution in [3.05, 3.63) is 65.7 Å². The normalized spacial score (nSPS) is 20.1. The molecular formula is C25H33N5O. The predicted octanol–water partition coefficient (Wildman–Crippen LogP) is 3.50. The van der Waals surface area contributed by atoms with Crippen LogP contribution in [0, 0.1) is 0 Å². The minimum atomic E-state index is 0.0746. The summed E-state index contributed by atoms with van der Waals surface area (Å²) in [4.78, 5) is 19.6. The zero-order chi connectivity index (χ0) is 21.5. The van der Waals surface area contributed by atoms with Crippen LogP contribution in [-0.2, 0) is 4.79 Å². The Balaban J connectivity index is 1.46. The van der Waals surface area contributed by atoms with E-state index in [-0.39, 0.29) is 11.8 Å². The number of carbonyl (C=O) groups excluding carboxylic acids is 1. The van der Waals surface area contributed by atoms with Crippen LogP contribution in [0.25, 0.3) is 0 Å². The van der Waals surface area contributed by atoms with Gasteiger partial charge in [0.2, 0.25) is 5.91 Å². The zero-order valence-electron chi connectivity index (χ0n) is 18.3. The average Bonchev–Trinajstić information content (AvgIpc) is 3.32. The molecule has 3 N–H and O–H groups in total. The molecule has 6 heteroatoms. The lowest BCUT2D eigenvalue weighted by Crippen LogP contribution is -2.41. The van der Waals surface area contributed by atoms with E-state index in [9.17, 15) is 4.79 Å². The van der Waals surface area contributed by atoms with Crippen molar-refractivity contribution in [1.29, 1.82) is 0 Å². The number of rotatable bonds is 7. The van der Waals surface area contributed by atoms with E-state index < -0.39 is 0 Å². The monoisotopic (exact) mass is 419 g/mol. The molecule has 2 atom stereocenters. The number of fused-ring (bicyclic) bond motifs is 1. The van der Waals surface area contributed by atoms with Crippen LogP contribution in [0.2, 0.25) is 0 Å². The molecular weight excluding hydrogens is 386 g/mol. The van der Waals surface area contributed by atoms with E-state index in [4.69, 9.17) is 4.99 Å². The van der Waals surface area contributed by atoms with Crippen molar-refractivity contribution in [2.75, 3.05) is 38.0 Å². The number of para-hydroxylation sites is 1. The van der Waals surface area contributed by atoms with Crippen LogP contribution in [0.15, 0.2) is 59.6 Å². The Hall–Kier alpha value is -2.86. The lowest BCUT2D eigenvalue weighted by atomic mass is 9.90. The molecule has 2 aliphatic rings. The van der Waals surface area contributed by atoms with Gasteiger partial charge in [0.05, 0.1) is 12.6 Å². The molecule has 1 amide bonds. The van der Waals surface area contributed by atoms with Gasteiger partial charge in [-0.15, -0.1) is 0 Å². The lowest BCUT2D eigenvalue weighted by Gasteiger charge is -2.28. The molecule has 2 aromatic rings. The van der Waals surface area contributed by atoms with Gasteiger partial charge in [-0.25, -0.2) is 0 Å². The van der Waals surface area contributed by atoms with Crippen LogP contribution in [0.5, 0.6) is 0 Å². The second-order valence-corrected chi connectivity index (χ2v) is 8.31. The average molecular weight is 420 g/mol. The van der Waals surface area contributed by atoms with Gasteiger partial charge in [-0.3, -0.25) is 14.7 Å². The van der Waals surface area contributed by atoms with Gasteiger partial charge in [-0.1, -0.05) is 48.5 Å². The van der Waals surface area contributed by atoms with Crippen LogP contribution in [0.4, 0.5) is 5.69 Å². The third kappa shape index (κ3) is 5.44. The number of anilines is 1.